The molecule has 1 saturated heterocycles. The van der Waals surface area contributed by atoms with Gasteiger partial charge in [0.15, 0.2) is 0 Å². The van der Waals surface area contributed by atoms with Crippen LogP contribution >= 0.6 is 0 Å². The molecule has 1 aliphatic rings. The van der Waals surface area contributed by atoms with E-state index in [1.165, 1.54) is 6.42 Å². The van der Waals surface area contributed by atoms with E-state index in [0.29, 0.717) is 5.71 Å². The molecule has 1 aliphatic heterocycles. The predicted molar refractivity (Wildman–Crippen MR) is 73.3 cm³/mol. The van der Waals surface area contributed by atoms with E-state index in [0.717, 1.165) is 43.5 Å². The van der Waals surface area contributed by atoms with Gasteiger partial charge in [-0.05, 0) is 43.4 Å². The van der Waals surface area contributed by atoms with Crippen LogP contribution in [-0.2, 0) is 0 Å². The molecule has 1 fully saturated rings. The van der Waals surface area contributed by atoms with Crippen LogP contribution in [0.3, 0.4) is 0 Å². The highest BCUT2D eigenvalue weighted by Crippen LogP contribution is 2.14. The van der Waals surface area contributed by atoms with Crippen LogP contribution in [0.4, 0.5) is 0 Å². The Morgan fingerprint density at radius 3 is 2.22 bits per heavy atom. The summed E-state index contributed by atoms with van der Waals surface area (Å²) in [5, 5.41) is 7.76. The Morgan fingerprint density at radius 2 is 1.67 bits per heavy atom. The largest absolute Gasteiger partial charge is 0.339 e. The van der Waals surface area contributed by atoms with Crippen molar-refractivity contribution >= 4 is 11.6 Å². The highest BCUT2D eigenvalue weighted by molar-refractivity contribution is 6.00. The van der Waals surface area contributed by atoms with Gasteiger partial charge < -0.3 is 10.3 Å². The van der Waals surface area contributed by atoms with Gasteiger partial charge in [-0.25, -0.2) is 0 Å². The van der Waals surface area contributed by atoms with Crippen molar-refractivity contribution < 1.29 is 4.79 Å². The molecule has 0 spiro atoms. The van der Waals surface area contributed by atoms with Gasteiger partial charge >= 0.3 is 0 Å². The number of rotatable bonds is 3. The van der Waals surface area contributed by atoms with Crippen molar-refractivity contribution in [1.29, 1.82) is 5.41 Å². The minimum Gasteiger partial charge on any atom is -0.339 e. The molecule has 18 heavy (non-hydrogen) atoms. The number of amides is 1. The first-order valence-corrected chi connectivity index (χ1v) is 6.69. The Kier molecular flexibility index (Phi) is 4.13. The highest BCUT2D eigenvalue weighted by Gasteiger charge is 2.17. The molecule has 0 radical (unpaired) electrons. The third kappa shape index (κ3) is 2.78. The molecule has 96 valence electrons. The number of carbonyl (C=O) groups is 1. The molecule has 1 amide bonds. The van der Waals surface area contributed by atoms with Crippen molar-refractivity contribution in [2.45, 2.75) is 32.6 Å². The van der Waals surface area contributed by atoms with E-state index < -0.39 is 0 Å². The summed E-state index contributed by atoms with van der Waals surface area (Å²) >= 11 is 0. The Labute approximate surface area is 108 Å². The van der Waals surface area contributed by atoms with Gasteiger partial charge in [-0.3, -0.25) is 4.79 Å². The highest BCUT2D eigenvalue weighted by atomic mass is 16.2. The van der Waals surface area contributed by atoms with Crippen molar-refractivity contribution in [2.24, 2.45) is 0 Å². The van der Waals surface area contributed by atoms with Crippen LogP contribution in [0.1, 0.15) is 48.5 Å². The first kappa shape index (κ1) is 12.8. The van der Waals surface area contributed by atoms with Crippen molar-refractivity contribution in [2.75, 3.05) is 13.1 Å². The molecule has 1 aromatic rings. The monoisotopic (exact) mass is 244 g/mol. The number of benzene rings is 1. The second-order valence-electron chi connectivity index (χ2n) is 4.76. The molecule has 2 rings (SSSR count). The Balaban J connectivity index is 2.08. The number of hydrogen-bond donors (Lipinski definition) is 1. The average molecular weight is 244 g/mol. The zero-order chi connectivity index (χ0) is 13.0. The molecule has 3 heteroatoms. The predicted octanol–water partition coefficient (Wildman–Crippen LogP) is 3.09. The fourth-order valence-electron chi connectivity index (χ4n) is 2.30. The summed E-state index contributed by atoms with van der Waals surface area (Å²) in [5.74, 6) is 0.129. The zero-order valence-electron chi connectivity index (χ0n) is 10.9. The van der Waals surface area contributed by atoms with Gasteiger partial charge in [0.25, 0.3) is 5.91 Å². The van der Waals surface area contributed by atoms with Gasteiger partial charge in [-0.1, -0.05) is 19.1 Å². The van der Waals surface area contributed by atoms with E-state index >= 15 is 0 Å². The van der Waals surface area contributed by atoms with Gasteiger partial charge in [0.05, 0.1) is 0 Å². The van der Waals surface area contributed by atoms with Crippen LogP contribution < -0.4 is 0 Å². The molecular weight excluding hydrogens is 224 g/mol. The van der Waals surface area contributed by atoms with Gasteiger partial charge in [0, 0.05) is 24.4 Å². The van der Waals surface area contributed by atoms with Crippen LogP contribution in [0.2, 0.25) is 0 Å². The number of piperidine rings is 1. The molecule has 3 nitrogen and oxygen atoms in total. The topological polar surface area (TPSA) is 44.2 Å². The molecule has 1 heterocycles. The van der Waals surface area contributed by atoms with Gasteiger partial charge in [-0.15, -0.1) is 0 Å². The maximum atomic E-state index is 12.2. The standard InChI is InChI=1S/C15H20N2O/c1-2-14(16)12-6-8-13(9-7-12)15(18)17-10-4-3-5-11-17/h6-9,16H,2-5,10-11H2,1H3. The third-order valence-corrected chi connectivity index (χ3v) is 3.48. The average Bonchev–Trinajstić information content (AvgIpc) is 2.47. The number of nitrogens with one attached hydrogen (secondary N) is 1. The lowest BCUT2D eigenvalue weighted by molar-refractivity contribution is 0.0724. The lowest BCUT2D eigenvalue weighted by Gasteiger charge is -2.26. The van der Waals surface area contributed by atoms with Crippen LogP contribution in [0.5, 0.6) is 0 Å². The molecule has 0 atom stereocenters. The summed E-state index contributed by atoms with van der Waals surface area (Å²) in [4.78, 5) is 14.2. The van der Waals surface area contributed by atoms with E-state index in [9.17, 15) is 4.79 Å². The van der Waals surface area contributed by atoms with E-state index in [1.807, 2.05) is 36.1 Å². The maximum Gasteiger partial charge on any atom is 0.253 e. The quantitative estimate of drug-likeness (QED) is 0.816. The Morgan fingerprint density at radius 1 is 1.11 bits per heavy atom. The molecular formula is C15H20N2O. The van der Waals surface area contributed by atoms with E-state index in [2.05, 4.69) is 0 Å². The van der Waals surface area contributed by atoms with Crippen LogP contribution in [0.15, 0.2) is 24.3 Å². The van der Waals surface area contributed by atoms with Crippen molar-refractivity contribution in [3.63, 3.8) is 0 Å². The SMILES string of the molecule is CCC(=N)c1ccc(C(=O)N2CCCCC2)cc1. The van der Waals surface area contributed by atoms with Crippen LogP contribution in [-0.4, -0.2) is 29.6 Å². The minimum atomic E-state index is 0.129. The third-order valence-electron chi connectivity index (χ3n) is 3.48. The summed E-state index contributed by atoms with van der Waals surface area (Å²) in [6, 6.07) is 7.44. The smallest absolute Gasteiger partial charge is 0.253 e. The van der Waals surface area contributed by atoms with Crippen LogP contribution in [0, 0.1) is 5.41 Å². The molecule has 0 aromatic heterocycles. The molecule has 0 bridgehead atoms. The maximum absolute atomic E-state index is 12.2. The summed E-state index contributed by atoms with van der Waals surface area (Å²) in [6.07, 6.45) is 4.18. The van der Waals surface area contributed by atoms with Gasteiger partial charge in [0.1, 0.15) is 0 Å². The molecule has 1 aromatic carbocycles. The second-order valence-corrected chi connectivity index (χ2v) is 4.76. The summed E-state index contributed by atoms with van der Waals surface area (Å²) in [6.45, 7) is 3.73. The number of carbonyl (C=O) groups excluding carboxylic acids is 1. The van der Waals surface area contributed by atoms with E-state index in [4.69, 9.17) is 5.41 Å². The van der Waals surface area contributed by atoms with Crippen LogP contribution in [0.25, 0.3) is 0 Å². The fourth-order valence-corrected chi connectivity index (χ4v) is 2.30. The van der Waals surface area contributed by atoms with E-state index in [-0.39, 0.29) is 5.91 Å². The number of hydrogen-bond acceptors (Lipinski definition) is 2. The summed E-state index contributed by atoms with van der Waals surface area (Å²) in [7, 11) is 0. The Hall–Kier alpha value is -1.64. The summed E-state index contributed by atoms with van der Waals surface area (Å²) in [5.41, 5.74) is 2.27. The van der Waals surface area contributed by atoms with Crippen molar-refractivity contribution in [3.8, 4) is 0 Å². The van der Waals surface area contributed by atoms with Gasteiger partial charge in [-0.2, -0.15) is 0 Å². The van der Waals surface area contributed by atoms with E-state index in [1.54, 1.807) is 0 Å². The number of likely N-dealkylation sites (tertiary alicyclic amines) is 1. The second kappa shape index (κ2) is 5.80. The van der Waals surface area contributed by atoms with Gasteiger partial charge in [0.2, 0.25) is 0 Å². The van der Waals surface area contributed by atoms with Crippen molar-refractivity contribution in [1.82, 2.24) is 4.90 Å². The molecule has 0 aliphatic carbocycles. The lowest BCUT2D eigenvalue weighted by atomic mass is 10.0. The minimum absolute atomic E-state index is 0.129. The van der Waals surface area contributed by atoms with Crippen molar-refractivity contribution in [3.05, 3.63) is 35.4 Å². The first-order chi connectivity index (χ1) is 8.72. The zero-order valence-corrected chi connectivity index (χ0v) is 10.9. The molecule has 1 N–H and O–H groups in total. The fraction of sp³-hybridized carbons (Fsp3) is 0.467. The summed E-state index contributed by atoms with van der Waals surface area (Å²) < 4.78 is 0. The Bertz CT molecular complexity index is 430. The molecule has 0 unspecified atom stereocenters. The normalized spacial score (nSPS) is 15.5. The molecule has 0 saturated carbocycles. The number of nitrogens with zero attached hydrogens (tertiary/aromatic N) is 1. The lowest BCUT2D eigenvalue weighted by Crippen LogP contribution is -2.35. The first-order valence-electron chi connectivity index (χ1n) is 6.69.